The van der Waals surface area contributed by atoms with Crippen LogP contribution in [0.1, 0.15) is 57.4 Å². The highest BCUT2D eigenvalue weighted by Gasteiger charge is 2.35. The minimum absolute atomic E-state index is 0.154. The molecule has 2 aromatic heterocycles. The highest BCUT2D eigenvalue weighted by molar-refractivity contribution is 5.78. The number of nitrogens with two attached hydrogens (primary N) is 1. The Hall–Kier alpha value is -3.44. The van der Waals surface area contributed by atoms with Gasteiger partial charge in [-0.15, -0.1) is 0 Å². The van der Waals surface area contributed by atoms with Gasteiger partial charge in [0.05, 0.1) is 6.20 Å². The molecule has 1 amide bonds. The number of nitrogens with zero attached hydrogens (tertiary/aromatic N) is 4. The topological polar surface area (TPSA) is 111 Å². The van der Waals surface area contributed by atoms with E-state index in [-0.39, 0.29) is 54.3 Å². The third kappa shape index (κ3) is 4.93. The van der Waals surface area contributed by atoms with Crippen molar-refractivity contribution in [3.63, 3.8) is 0 Å². The van der Waals surface area contributed by atoms with E-state index in [9.17, 15) is 22.4 Å². The number of primary amides is 1. The number of rotatable bonds is 6. The van der Waals surface area contributed by atoms with Crippen LogP contribution in [0.3, 0.4) is 0 Å². The van der Waals surface area contributed by atoms with E-state index in [1.165, 1.54) is 12.3 Å². The van der Waals surface area contributed by atoms with Crippen LogP contribution in [-0.2, 0) is 4.79 Å². The lowest BCUT2D eigenvalue weighted by molar-refractivity contribution is -0.122. The van der Waals surface area contributed by atoms with Gasteiger partial charge in [-0.25, -0.2) is 27.5 Å². The summed E-state index contributed by atoms with van der Waals surface area (Å²) in [5, 5.41) is 5.92. The molecule has 0 spiro atoms. The van der Waals surface area contributed by atoms with Gasteiger partial charge >= 0.3 is 0 Å². The lowest BCUT2D eigenvalue weighted by Gasteiger charge is -2.29. The van der Waals surface area contributed by atoms with E-state index in [0.717, 1.165) is 12.1 Å². The van der Waals surface area contributed by atoms with Gasteiger partial charge in [0.1, 0.15) is 22.8 Å². The van der Waals surface area contributed by atoms with Gasteiger partial charge in [0.25, 0.3) is 0 Å². The Morgan fingerprint density at radius 3 is 2.33 bits per heavy atom. The molecule has 3 aromatic rings. The number of alkyl halides is 2. The highest BCUT2D eigenvalue weighted by Crippen LogP contribution is 2.38. The van der Waals surface area contributed by atoms with Gasteiger partial charge < -0.3 is 16.4 Å². The first-order valence-corrected chi connectivity index (χ1v) is 12.1. The SMILES string of the molecule is NC(=O)C1CCC(n2c(Nc3c(F)cccc3F)nc3cnc(NC4CCC(F)(F)CC4)nc32)CC1. The molecule has 0 aliphatic heterocycles. The summed E-state index contributed by atoms with van der Waals surface area (Å²) < 4.78 is 57.7. The van der Waals surface area contributed by atoms with Crippen molar-refractivity contribution in [1.29, 1.82) is 0 Å². The average Bonchev–Trinajstić information content (AvgIpc) is 3.20. The molecular formula is C24H27F4N7O. The van der Waals surface area contributed by atoms with Crippen LogP contribution < -0.4 is 16.4 Å². The molecule has 0 unspecified atom stereocenters. The smallest absolute Gasteiger partial charge is 0.248 e. The Labute approximate surface area is 204 Å². The summed E-state index contributed by atoms with van der Waals surface area (Å²) in [4.78, 5) is 25.1. The van der Waals surface area contributed by atoms with Crippen molar-refractivity contribution in [1.82, 2.24) is 19.5 Å². The van der Waals surface area contributed by atoms with Gasteiger partial charge in [0.2, 0.25) is 23.7 Å². The van der Waals surface area contributed by atoms with Crippen molar-refractivity contribution >= 4 is 34.7 Å². The third-order valence-corrected chi connectivity index (χ3v) is 7.15. The van der Waals surface area contributed by atoms with Gasteiger partial charge in [-0.1, -0.05) is 6.07 Å². The first kappa shape index (κ1) is 24.3. The minimum Gasteiger partial charge on any atom is -0.369 e. The van der Waals surface area contributed by atoms with Gasteiger partial charge in [0, 0.05) is 30.8 Å². The number of benzene rings is 1. The van der Waals surface area contributed by atoms with E-state index in [0.29, 0.717) is 49.7 Å². The van der Waals surface area contributed by atoms with Crippen LogP contribution in [0.4, 0.5) is 35.1 Å². The molecular weight excluding hydrogens is 478 g/mol. The van der Waals surface area contributed by atoms with Crippen molar-refractivity contribution < 1.29 is 22.4 Å². The summed E-state index contributed by atoms with van der Waals surface area (Å²) in [5.41, 5.74) is 5.99. The van der Waals surface area contributed by atoms with E-state index in [4.69, 9.17) is 5.73 Å². The van der Waals surface area contributed by atoms with Crippen LogP contribution in [0.25, 0.3) is 11.2 Å². The molecule has 2 fully saturated rings. The number of para-hydroxylation sites is 1. The fraction of sp³-hybridized carbons (Fsp3) is 0.500. The zero-order chi connectivity index (χ0) is 25.4. The number of aromatic nitrogens is 4. The van der Waals surface area contributed by atoms with Crippen LogP contribution in [0.2, 0.25) is 0 Å². The maximum absolute atomic E-state index is 14.4. The second-order valence-corrected chi connectivity index (χ2v) is 9.61. The standard InChI is InChI=1S/C24H27F4N7O/c25-16-2-1-3-17(26)19(16)33-23-32-18-12-30-22(31-14-8-10-24(27,28)11-9-14)34-21(18)35(23)15-6-4-13(5-7-15)20(29)36/h1-3,12-15H,4-11H2,(H2,29,36)(H,32,33)(H,30,31,34). The summed E-state index contributed by atoms with van der Waals surface area (Å²) in [7, 11) is 0. The molecule has 2 aliphatic rings. The highest BCUT2D eigenvalue weighted by atomic mass is 19.3. The van der Waals surface area contributed by atoms with E-state index < -0.39 is 17.6 Å². The number of carbonyl (C=O) groups excluding carboxylic acids is 1. The number of nitrogens with one attached hydrogen (secondary N) is 2. The second-order valence-electron chi connectivity index (χ2n) is 9.61. The van der Waals surface area contributed by atoms with Gasteiger partial charge in [-0.2, -0.15) is 4.98 Å². The van der Waals surface area contributed by atoms with Crippen LogP contribution in [0, 0.1) is 17.6 Å². The van der Waals surface area contributed by atoms with Crippen LogP contribution in [0.15, 0.2) is 24.4 Å². The van der Waals surface area contributed by atoms with Crippen molar-refractivity contribution in [3.05, 3.63) is 36.0 Å². The summed E-state index contributed by atoms with van der Waals surface area (Å²) in [6.07, 6.45) is 4.02. The second kappa shape index (κ2) is 9.55. The molecule has 2 heterocycles. The predicted octanol–water partition coefficient (Wildman–Crippen LogP) is 5.05. The quantitative estimate of drug-likeness (QED) is 0.404. The number of hydrogen-bond acceptors (Lipinski definition) is 6. The number of amides is 1. The molecule has 1 aromatic carbocycles. The molecule has 0 saturated heterocycles. The van der Waals surface area contributed by atoms with Crippen LogP contribution >= 0.6 is 0 Å². The number of carbonyl (C=O) groups is 1. The van der Waals surface area contributed by atoms with Gasteiger partial charge in [-0.05, 0) is 50.7 Å². The Balaban J connectivity index is 1.48. The first-order chi connectivity index (χ1) is 17.2. The number of fused-ring (bicyclic) bond motifs is 1. The molecule has 2 saturated carbocycles. The number of halogens is 4. The maximum atomic E-state index is 14.4. The lowest BCUT2D eigenvalue weighted by atomic mass is 9.85. The molecule has 2 aliphatic carbocycles. The Morgan fingerprint density at radius 2 is 1.69 bits per heavy atom. The molecule has 12 heteroatoms. The normalized spacial score (nSPS) is 22.4. The van der Waals surface area contributed by atoms with Crippen molar-refractivity contribution in [2.45, 2.75) is 69.4 Å². The predicted molar refractivity (Wildman–Crippen MR) is 126 cm³/mol. The van der Waals surface area contributed by atoms with E-state index >= 15 is 0 Å². The summed E-state index contributed by atoms with van der Waals surface area (Å²) in [6.45, 7) is 0. The van der Waals surface area contributed by atoms with Crippen molar-refractivity contribution in [2.75, 3.05) is 10.6 Å². The number of anilines is 3. The van der Waals surface area contributed by atoms with Crippen molar-refractivity contribution in [2.24, 2.45) is 11.7 Å². The third-order valence-electron chi connectivity index (χ3n) is 7.15. The molecule has 4 N–H and O–H groups in total. The van der Waals surface area contributed by atoms with Gasteiger partial charge in [0.15, 0.2) is 5.65 Å². The number of hydrogen-bond donors (Lipinski definition) is 3. The fourth-order valence-electron chi connectivity index (χ4n) is 5.11. The molecule has 0 radical (unpaired) electrons. The molecule has 5 rings (SSSR count). The Bertz CT molecular complexity index is 1240. The molecule has 192 valence electrons. The molecule has 8 nitrogen and oxygen atoms in total. The van der Waals surface area contributed by atoms with E-state index in [1.54, 1.807) is 4.57 Å². The van der Waals surface area contributed by atoms with Gasteiger partial charge in [-0.3, -0.25) is 9.36 Å². The summed E-state index contributed by atoms with van der Waals surface area (Å²) >= 11 is 0. The zero-order valence-electron chi connectivity index (χ0n) is 19.5. The zero-order valence-corrected chi connectivity index (χ0v) is 19.5. The Kier molecular flexibility index (Phi) is 6.44. The largest absolute Gasteiger partial charge is 0.369 e. The lowest BCUT2D eigenvalue weighted by Crippen LogP contribution is -2.32. The minimum atomic E-state index is -2.64. The van der Waals surface area contributed by atoms with Crippen molar-refractivity contribution in [3.8, 4) is 0 Å². The molecule has 36 heavy (non-hydrogen) atoms. The fourth-order valence-corrected chi connectivity index (χ4v) is 5.11. The molecule has 0 bridgehead atoms. The molecule has 0 atom stereocenters. The Morgan fingerprint density at radius 1 is 1.03 bits per heavy atom. The number of imidazole rings is 1. The first-order valence-electron chi connectivity index (χ1n) is 12.1. The van der Waals surface area contributed by atoms with E-state index in [1.807, 2.05) is 0 Å². The van der Waals surface area contributed by atoms with Crippen LogP contribution in [-0.4, -0.2) is 37.4 Å². The summed E-state index contributed by atoms with van der Waals surface area (Å²) in [6, 6.07) is 3.22. The maximum Gasteiger partial charge on any atom is 0.248 e. The van der Waals surface area contributed by atoms with E-state index in [2.05, 4.69) is 25.6 Å². The summed E-state index contributed by atoms with van der Waals surface area (Å²) in [5.74, 6) is -4.29. The van der Waals surface area contributed by atoms with Crippen LogP contribution in [0.5, 0.6) is 0 Å². The monoisotopic (exact) mass is 505 g/mol. The average molecular weight is 506 g/mol.